The molecule has 1 saturated heterocycles. The number of carbonyl (C=O) groups is 1. The smallest absolute Gasteiger partial charge is 0.317 e. The van der Waals surface area contributed by atoms with Crippen LogP contribution in [-0.4, -0.2) is 59.6 Å². The zero-order valence-electron chi connectivity index (χ0n) is 8.36. The van der Waals surface area contributed by atoms with Crippen LogP contribution in [0.25, 0.3) is 0 Å². The van der Waals surface area contributed by atoms with E-state index < -0.39 is 5.97 Å². The Morgan fingerprint density at radius 1 is 1.54 bits per heavy atom. The molecule has 0 saturated carbocycles. The highest BCUT2D eigenvalue weighted by Crippen LogP contribution is 2.07. The summed E-state index contributed by atoms with van der Waals surface area (Å²) in [7, 11) is 0. The number of piperazine rings is 1. The van der Waals surface area contributed by atoms with Crippen LogP contribution in [0, 0.1) is 0 Å². The van der Waals surface area contributed by atoms with Crippen molar-refractivity contribution in [3.63, 3.8) is 0 Å². The summed E-state index contributed by atoms with van der Waals surface area (Å²) >= 11 is 0. The highest BCUT2D eigenvalue weighted by Gasteiger charge is 2.23. The van der Waals surface area contributed by atoms with Gasteiger partial charge in [0.2, 0.25) is 0 Å². The summed E-state index contributed by atoms with van der Waals surface area (Å²) in [6, 6.07) is 0.484. The van der Waals surface area contributed by atoms with Gasteiger partial charge in [0.05, 0.1) is 6.54 Å². The number of carboxylic acids is 1. The van der Waals surface area contributed by atoms with Crippen molar-refractivity contribution in [2.24, 2.45) is 0 Å². The van der Waals surface area contributed by atoms with E-state index in [-0.39, 0.29) is 6.54 Å². The molecule has 1 rings (SSSR count). The second kappa shape index (κ2) is 4.58. The van der Waals surface area contributed by atoms with Gasteiger partial charge in [-0.2, -0.15) is 0 Å². The molecule has 4 nitrogen and oxygen atoms in total. The SMILES string of the molecule is CCN1CCN(CC(=O)O)CC1C. The standard InChI is InChI=1S/C9H18N2O2/c1-3-11-5-4-10(6-8(11)2)7-9(12)13/h8H,3-7H2,1-2H3,(H,12,13). The van der Waals surface area contributed by atoms with Gasteiger partial charge in [-0.25, -0.2) is 0 Å². The summed E-state index contributed by atoms with van der Waals surface area (Å²) in [5.74, 6) is -0.725. The third-order valence-corrected chi connectivity index (χ3v) is 2.61. The summed E-state index contributed by atoms with van der Waals surface area (Å²) < 4.78 is 0. The van der Waals surface area contributed by atoms with Gasteiger partial charge in [0.15, 0.2) is 0 Å². The molecule has 1 aliphatic heterocycles. The average Bonchev–Trinajstić information content (AvgIpc) is 2.03. The first-order valence-corrected chi connectivity index (χ1v) is 4.81. The predicted octanol–water partition coefficient (Wildman–Crippen LogP) is 0.0970. The Labute approximate surface area is 79.1 Å². The normalized spacial score (nSPS) is 26.2. The minimum Gasteiger partial charge on any atom is -0.480 e. The van der Waals surface area contributed by atoms with Gasteiger partial charge in [0.25, 0.3) is 0 Å². The summed E-state index contributed by atoms with van der Waals surface area (Å²) in [4.78, 5) is 14.8. The van der Waals surface area contributed by atoms with Gasteiger partial charge < -0.3 is 5.11 Å². The number of carboxylic acid groups (broad SMARTS) is 1. The number of hydrogen-bond acceptors (Lipinski definition) is 3. The number of aliphatic carboxylic acids is 1. The van der Waals surface area contributed by atoms with E-state index in [0.29, 0.717) is 6.04 Å². The van der Waals surface area contributed by atoms with Crippen molar-refractivity contribution in [1.29, 1.82) is 0 Å². The maximum atomic E-state index is 10.5. The van der Waals surface area contributed by atoms with Crippen molar-refractivity contribution in [3.8, 4) is 0 Å². The molecule has 0 amide bonds. The lowest BCUT2D eigenvalue weighted by atomic mass is 10.2. The Morgan fingerprint density at radius 3 is 2.69 bits per heavy atom. The third-order valence-electron chi connectivity index (χ3n) is 2.61. The first kappa shape index (κ1) is 10.5. The second-order valence-corrected chi connectivity index (χ2v) is 3.61. The van der Waals surface area contributed by atoms with Crippen LogP contribution >= 0.6 is 0 Å². The molecule has 1 aliphatic rings. The molecule has 0 spiro atoms. The fourth-order valence-corrected chi connectivity index (χ4v) is 1.88. The first-order valence-electron chi connectivity index (χ1n) is 4.81. The predicted molar refractivity (Wildman–Crippen MR) is 50.8 cm³/mol. The second-order valence-electron chi connectivity index (χ2n) is 3.61. The van der Waals surface area contributed by atoms with Crippen LogP contribution in [0.2, 0.25) is 0 Å². The summed E-state index contributed by atoms with van der Waals surface area (Å²) in [6.45, 7) is 8.28. The van der Waals surface area contributed by atoms with Gasteiger partial charge in [0.1, 0.15) is 0 Å². The minimum atomic E-state index is -0.725. The zero-order chi connectivity index (χ0) is 9.84. The molecule has 0 radical (unpaired) electrons. The van der Waals surface area contributed by atoms with Crippen molar-refractivity contribution < 1.29 is 9.90 Å². The number of rotatable bonds is 3. The molecule has 1 unspecified atom stereocenters. The van der Waals surface area contributed by atoms with Crippen molar-refractivity contribution in [3.05, 3.63) is 0 Å². The van der Waals surface area contributed by atoms with Gasteiger partial charge in [-0.1, -0.05) is 6.92 Å². The fourth-order valence-electron chi connectivity index (χ4n) is 1.88. The largest absolute Gasteiger partial charge is 0.480 e. The van der Waals surface area contributed by atoms with Gasteiger partial charge in [0, 0.05) is 25.7 Å². The molecule has 0 aromatic heterocycles. The maximum Gasteiger partial charge on any atom is 0.317 e. The molecule has 1 atom stereocenters. The lowest BCUT2D eigenvalue weighted by Crippen LogP contribution is -2.52. The van der Waals surface area contributed by atoms with Crippen molar-refractivity contribution >= 4 is 5.97 Å². The Bertz CT molecular complexity index is 184. The van der Waals surface area contributed by atoms with Crippen LogP contribution < -0.4 is 0 Å². The van der Waals surface area contributed by atoms with Gasteiger partial charge in [-0.3, -0.25) is 14.6 Å². The van der Waals surface area contributed by atoms with E-state index in [2.05, 4.69) is 18.7 Å². The Hall–Kier alpha value is -0.610. The van der Waals surface area contributed by atoms with E-state index in [1.807, 2.05) is 4.90 Å². The first-order chi connectivity index (χ1) is 6.13. The molecule has 0 aliphatic carbocycles. The van der Waals surface area contributed by atoms with E-state index in [9.17, 15) is 4.79 Å². The average molecular weight is 186 g/mol. The van der Waals surface area contributed by atoms with Crippen LogP contribution in [0.4, 0.5) is 0 Å². The quantitative estimate of drug-likeness (QED) is 0.679. The number of hydrogen-bond donors (Lipinski definition) is 1. The lowest BCUT2D eigenvalue weighted by Gasteiger charge is -2.38. The third kappa shape index (κ3) is 2.97. The topological polar surface area (TPSA) is 43.8 Å². The summed E-state index contributed by atoms with van der Waals surface area (Å²) in [5.41, 5.74) is 0. The monoisotopic (exact) mass is 186 g/mol. The molecule has 0 aromatic carbocycles. The van der Waals surface area contributed by atoms with Crippen molar-refractivity contribution in [1.82, 2.24) is 9.80 Å². The van der Waals surface area contributed by atoms with E-state index in [4.69, 9.17) is 5.11 Å². The molecule has 1 N–H and O–H groups in total. The van der Waals surface area contributed by atoms with Crippen LogP contribution in [0.5, 0.6) is 0 Å². The van der Waals surface area contributed by atoms with Gasteiger partial charge >= 0.3 is 5.97 Å². The van der Waals surface area contributed by atoms with Crippen LogP contribution in [0.1, 0.15) is 13.8 Å². The fraction of sp³-hybridized carbons (Fsp3) is 0.889. The Kier molecular flexibility index (Phi) is 3.69. The van der Waals surface area contributed by atoms with Gasteiger partial charge in [-0.05, 0) is 13.5 Å². The zero-order valence-corrected chi connectivity index (χ0v) is 8.36. The number of likely N-dealkylation sites (N-methyl/N-ethyl adjacent to an activating group) is 1. The number of nitrogens with zero attached hydrogens (tertiary/aromatic N) is 2. The van der Waals surface area contributed by atoms with Crippen molar-refractivity contribution in [2.75, 3.05) is 32.7 Å². The lowest BCUT2D eigenvalue weighted by molar-refractivity contribution is -0.139. The minimum absolute atomic E-state index is 0.182. The van der Waals surface area contributed by atoms with E-state index >= 15 is 0 Å². The molecule has 76 valence electrons. The van der Waals surface area contributed by atoms with Crippen LogP contribution in [-0.2, 0) is 4.79 Å². The summed E-state index contributed by atoms with van der Waals surface area (Å²) in [6.07, 6.45) is 0. The summed E-state index contributed by atoms with van der Waals surface area (Å²) in [5, 5.41) is 8.62. The Balaban J connectivity index is 2.36. The highest BCUT2D eigenvalue weighted by atomic mass is 16.4. The van der Waals surface area contributed by atoms with Crippen LogP contribution in [0.3, 0.4) is 0 Å². The molecule has 4 heteroatoms. The molecule has 0 bridgehead atoms. The van der Waals surface area contributed by atoms with Crippen molar-refractivity contribution in [2.45, 2.75) is 19.9 Å². The van der Waals surface area contributed by atoms with Gasteiger partial charge in [-0.15, -0.1) is 0 Å². The molecule has 1 heterocycles. The van der Waals surface area contributed by atoms with Crippen LogP contribution in [0.15, 0.2) is 0 Å². The molecule has 1 fully saturated rings. The van der Waals surface area contributed by atoms with E-state index in [0.717, 1.165) is 26.2 Å². The highest BCUT2D eigenvalue weighted by molar-refractivity contribution is 5.69. The van der Waals surface area contributed by atoms with E-state index in [1.165, 1.54) is 0 Å². The maximum absolute atomic E-state index is 10.5. The Morgan fingerprint density at radius 2 is 2.23 bits per heavy atom. The van der Waals surface area contributed by atoms with E-state index in [1.54, 1.807) is 0 Å². The molecule has 0 aromatic rings. The molecule has 13 heavy (non-hydrogen) atoms. The molecular formula is C9H18N2O2. The molecular weight excluding hydrogens is 168 g/mol.